The maximum atomic E-state index is 11.9. The Hall–Kier alpha value is -2.09. The number of carbonyl (C=O) groups excluding carboxylic acids is 2. The molecule has 2 N–H and O–H groups in total. The van der Waals surface area contributed by atoms with Crippen molar-refractivity contribution >= 4 is 45.8 Å². The van der Waals surface area contributed by atoms with Crippen LogP contribution in [0, 0.1) is 9.49 Å². The molecule has 0 saturated heterocycles. The van der Waals surface area contributed by atoms with Crippen LogP contribution in [0.25, 0.3) is 0 Å². The van der Waals surface area contributed by atoms with E-state index in [1.54, 1.807) is 24.3 Å². The van der Waals surface area contributed by atoms with Gasteiger partial charge in [0, 0.05) is 20.9 Å². The molecule has 24 heavy (non-hydrogen) atoms. The number of halogens is 1. The highest BCUT2D eigenvalue weighted by Crippen LogP contribution is 2.30. The van der Waals surface area contributed by atoms with Gasteiger partial charge in [0.1, 0.15) is 5.75 Å². The second kappa shape index (κ2) is 7.65. The van der Waals surface area contributed by atoms with Gasteiger partial charge in [0.15, 0.2) is 6.61 Å². The third-order valence-electron chi connectivity index (χ3n) is 3.57. The highest BCUT2D eigenvalue weighted by molar-refractivity contribution is 14.1. The van der Waals surface area contributed by atoms with Crippen molar-refractivity contribution in [3.63, 3.8) is 0 Å². The SMILES string of the molecule is O=C(COc1ccc(I)cc1)Nc1ccc(NC(=O)C2CC2)cc1. The molecule has 1 saturated carbocycles. The lowest BCUT2D eigenvalue weighted by molar-refractivity contribution is -0.118. The van der Waals surface area contributed by atoms with E-state index >= 15 is 0 Å². The summed E-state index contributed by atoms with van der Waals surface area (Å²) in [6.45, 7) is -0.0548. The van der Waals surface area contributed by atoms with Gasteiger partial charge in [-0.1, -0.05) is 0 Å². The number of hydrogen-bond donors (Lipinski definition) is 2. The van der Waals surface area contributed by atoms with Crippen molar-refractivity contribution in [2.45, 2.75) is 12.8 Å². The molecule has 0 unspecified atom stereocenters. The minimum atomic E-state index is -0.233. The van der Waals surface area contributed by atoms with Crippen LogP contribution in [0.15, 0.2) is 48.5 Å². The van der Waals surface area contributed by atoms with Crippen molar-refractivity contribution in [1.29, 1.82) is 0 Å². The van der Waals surface area contributed by atoms with E-state index in [9.17, 15) is 9.59 Å². The second-order valence-corrected chi connectivity index (χ2v) is 6.88. The fraction of sp³-hybridized carbons (Fsp3) is 0.222. The Labute approximate surface area is 153 Å². The predicted molar refractivity (Wildman–Crippen MR) is 101 cm³/mol. The fourth-order valence-corrected chi connectivity index (χ4v) is 2.46. The van der Waals surface area contributed by atoms with E-state index in [0.29, 0.717) is 11.4 Å². The van der Waals surface area contributed by atoms with Gasteiger partial charge in [-0.15, -0.1) is 0 Å². The average Bonchev–Trinajstić information content (AvgIpc) is 3.41. The van der Waals surface area contributed by atoms with Crippen LogP contribution in [0.3, 0.4) is 0 Å². The summed E-state index contributed by atoms with van der Waals surface area (Å²) < 4.78 is 6.54. The molecule has 3 rings (SSSR count). The Balaban J connectivity index is 1.47. The average molecular weight is 436 g/mol. The van der Waals surface area contributed by atoms with Crippen LogP contribution in [0.1, 0.15) is 12.8 Å². The highest BCUT2D eigenvalue weighted by Gasteiger charge is 2.29. The van der Waals surface area contributed by atoms with Crippen LogP contribution in [0.4, 0.5) is 11.4 Å². The molecule has 0 atom stereocenters. The number of ether oxygens (including phenoxy) is 1. The summed E-state index contributed by atoms with van der Waals surface area (Å²) in [5.41, 5.74) is 1.40. The molecule has 0 aliphatic heterocycles. The molecule has 0 radical (unpaired) electrons. The summed E-state index contributed by atoms with van der Waals surface area (Å²) in [4.78, 5) is 23.6. The number of rotatable bonds is 6. The normalized spacial score (nSPS) is 13.2. The topological polar surface area (TPSA) is 67.4 Å². The third-order valence-corrected chi connectivity index (χ3v) is 4.29. The molecule has 0 spiro atoms. The Morgan fingerprint density at radius 2 is 1.54 bits per heavy atom. The van der Waals surface area contributed by atoms with Crippen molar-refractivity contribution < 1.29 is 14.3 Å². The first-order chi connectivity index (χ1) is 11.6. The van der Waals surface area contributed by atoms with Crippen LogP contribution in [-0.4, -0.2) is 18.4 Å². The van der Waals surface area contributed by atoms with Crippen LogP contribution >= 0.6 is 22.6 Å². The first kappa shape index (κ1) is 16.8. The fourth-order valence-electron chi connectivity index (χ4n) is 2.10. The lowest BCUT2D eigenvalue weighted by Crippen LogP contribution is -2.20. The Morgan fingerprint density at radius 1 is 0.958 bits per heavy atom. The lowest BCUT2D eigenvalue weighted by Gasteiger charge is -2.09. The van der Waals surface area contributed by atoms with E-state index in [1.165, 1.54) is 0 Å². The van der Waals surface area contributed by atoms with Gasteiger partial charge in [-0.3, -0.25) is 9.59 Å². The van der Waals surface area contributed by atoms with Crippen LogP contribution in [-0.2, 0) is 9.59 Å². The highest BCUT2D eigenvalue weighted by atomic mass is 127. The molecular formula is C18H17IN2O3. The van der Waals surface area contributed by atoms with Crippen LogP contribution in [0.5, 0.6) is 5.75 Å². The zero-order valence-electron chi connectivity index (χ0n) is 12.9. The van der Waals surface area contributed by atoms with Gasteiger partial charge in [-0.05, 0) is 84.0 Å². The molecule has 1 aliphatic rings. The first-order valence-corrected chi connectivity index (χ1v) is 8.77. The van der Waals surface area contributed by atoms with Gasteiger partial charge in [-0.25, -0.2) is 0 Å². The maximum absolute atomic E-state index is 11.9. The molecule has 2 aromatic rings. The van der Waals surface area contributed by atoms with Gasteiger partial charge in [0.05, 0.1) is 0 Å². The molecule has 0 aromatic heterocycles. The van der Waals surface area contributed by atoms with Crippen LogP contribution in [0.2, 0.25) is 0 Å². The number of benzene rings is 2. The molecule has 0 bridgehead atoms. The molecule has 1 fully saturated rings. The van der Waals surface area contributed by atoms with Gasteiger partial charge in [0.25, 0.3) is 5.91 Å². The predicted octanol–water partition coefficient (Wildman–Crippen LogP) is 3.66. The summed E-state index contributed by atoms with van der Waals surface area (Å²) in [5, 5.41) is 5.62. The van der Waals surface area contributed by atoms with Crippen molar-refractivity contribution in [1.82, 2.24) is 0 Å². The molecule has 2 amide bonds. The van der Waals surface area contributed by atoms with Gasteiger partial charge >= 0.3 is 0 Å². The number of anilines is 2. The zero-order chi connectivity index (χ0) is 16.9. The molecular weight excluding hydrogens is 419 g/mol. The number of nitrogens with one attached hydrogen (secondary N) is 2. The van der Waals surface area contributed by atoms with E-state index in [4.69, 9.17) is 4.74 Å². The van der Waals surface area contributed by atoms with Crippen molar-refractivity contribution in [2.24, 2.45) is 5.92 Å². The zero-order valence-corrected chi connectivity index (χ0v) is 15.1. The van der Waals surface area contributed by atoms with Crippen LogP contribution < -0.4 is 15.4 Å². The number of amides is 2. The van der Waals surface area contributed by atoms with E-state index in [-0.39, 0.29) is 24.3 Å². The maximum Gasteiger partial charge on any atom is 0.262 e. The first-order valence-electron chi connectivity index (χ1n) is 7.69. The van der Waals surface area contributed by atoms with E-state index in [2.05, 4.69) is 33.2 Å². The van der Waals surface area contributed by atoms with Crippen molar-refractivity contribution in [2.75, 3.05) is 17.2 Å². The quantitative estimate of drug-likeness (QED) is 0.680. The molecule has 1 aliphatic carbocycles. The Morgan fingerprint density at radius 3 is 2.12 bits per heavy atom. The van der Waals surface area contributed by atoms with Gasteiger partial charge in [-0.2, -0.15) is 0 Å². The summed E-state index contributed by atoms with van der Waals surface area (Å²) >= 11 is 2.21. The third kappa shape index (κ3) is 4.95. The number of carbonyl (C=O) groups is 2. The van der Waals surface area contributed by atoms with Gasteiger partial charge in [0.2, 0.25) is 5.91 Å². The second-order valence-electron chi connectivity index (χ2n) is 5.63. The van der Waals surface area contributed by atoms with Crippen molar-refractivity contribution in [3.8, 4) is 5.75 Å². The Kier molecular flexibility index (Phi) is 5.34. The van der Waals surface area contributed by atoms with Crippen molar-refractivity contribution in [3.05, 3.63) is 52.1 Å². The Bertz CT molecular complexity index is 725. The van der Waals surface area contributed by atoms with E-state index in [1.807, 2.05) is 24.3 Å². The lowest BCUT2D eigenvalue weighted by atomic mass is 10.2. The summed E-state index contributed by atoms with van der Waals surface area (Å²) in [6, 6.07) is 14.5. The van der Waals surface area contributed by atoms with E-state index < -0.39 is 0 Å². The van der Waals surface area contributed by atoms with Gasteiger partial charge < -0.3 is 15.4 Å². The number of hydrogen-bond acceptors (Lipinski definition) is 3. The molecule has 124 valence electrons. The molecule has 5 nitrogen and oxygen atoms in total. The minimum Gasteiger partial charge on any atom is -0.484 e. The standard InChI is InChI=1S/C18H17IN2O3/c19-13-3-9-16(10-4-13)24-11-17(22)20-14-5-7-15(8-6-14)21-18(23)12-1-2-12/h3-10,12H,1-2,11H2,(H,20,22)(H,21,23). The van der Waals surface area contributed by atoms with E-state index in [0.717, 1.165) is 22.1 Å². The monoisotopic (exact) mass is 436 g/mol. The largest absolute Gasteiger partial charge is 0.484 e. The minimum absolute atomic E-state index is 0.0548. The summed E-state index contributed by atoms with van der Waals surface area (Å²) in [7, 11) is 0. The molecule has 0 heterocycles. The summed E-state index contributed by atoms with van der Waals surface area (Å²) in [6.07, 6.45) is 1.95. The molecule has 6 heteroatoms. The molecule has 2 aromatic carbocycles. The smallest absolute Gasteiger partial charge is 0.262 e. The summed E-state index contributed by atoms with van der Waals surface area (Å²) in [5.74, 6) is 0.660.